The van der Waals surface area contributed by atoms with Crippen LogP contribution in [0.2, 0.25) is 0 Å². The molecule has 0 amide bonds. The van der Waals surface area contributed by atoms with Gasteiger partial charge in [-0.15, -0.1) is 0 Å². The number of halogens is 1. The Bertz CT molecular complexity index is 846. The van der Waals surface area contributed by atoms with Crippen LogP contribution in [0.5, 0.6) is 0 Å². The van der Waals surface area contributed by atoms with Crippen molar-refractivity contribution in [2.24, 2.45) is 0 Å². The second-order valence-corrected chi connectivity index (χ2v) is 6.28. The maximum Gasteiger partial charge on any atom is 0.225 e. The van der Waals surface area contributed by atoms with Gasteiger partial charge in [0, 0.05) is 31.3 Å². The molecule has 0 saturated carbocycles. The molecule has 4 nitrogen and oxygen atoms in total. The molecule has 1 heterocycles. The summed E-state index contributed by atoms with van der Waals surface area (Å²) in [6.07, 6.45) is 0.778. The normalized spacial score (nSPS) is 10.6. The van der Waals surface area contributed by atoms with E-state index in [1.165, 1.54) is 12.1 Å². The number of nitrogens with one attached hydrogen (secondary N) is 1. The standard InChI is InChI=1S/C22H25FN4/c1-3-27(4-2)21-16-20(18-8-6-5-7-9-18)25-22(26-21)24-15-14-17-10-12-19(23)13-11-17/h5-13,16H,3-4,14-15H2,1-2H3,(H,24,25,26). The van der Waals surface area contributed by atoms with E-state index in [2.05, 4.69) is 41.2 Å². The summed E-state index contributed by atoms with van der Waals surface area (Å²) in [7, 11) is 0. The topological polar surface area (TPSA) is 41.1 Å². The zero-order chi connectivity index (χ0) is 19.1. The van der Waals surface area contributed by atoms with Gasteiger partial charge in [0.1, 0.15) is 11.6 Å². The lowest BCUT2D eigenvalue weighted by molar-refractivity contribution is 0.627. The highest BCUT2D eigenvalue weighted by Crippen LogP contribution is 2.23. The molecule has 0 unspecified atom stereocenters. The summed E-state index contributed by atoms with van der Waals surface area (Å²) in [5, 5.41) is 3.32. The second-order valence-electron chi connectivity index (χ2n) is 6.28. The van der Waals surface area contributed by atoms with Crippen LogP contribution < -0.4 is 10.2 Å². The molecule has 0 bridgehead atoms. The van der Waals surface area contributed by atoms with Crippen molar-refractivity contribution in [2.75, 3.05) is 29.9 Å². The Morgan fingerprint density at radius 1 is 0.926 bits per heavy atom. The Morgan fingerprint density at radius 3 is 2.30 bits per heavy atom. The van der Waals surface area contributed by atoms with Gasteiger partial charge in [-0.2, -0.15) is 4.98 Å². The van der Waals surface area contributed by atoms with E-state index >= 15 is 0 Å². The summed E-state index contributed by atoms with van der Waals surface area (Å²) in [6.45, 7) is 6.69. The van der Waals surface area contributed by atoms with E-state index in [4.69, 9.17) is 4.98 Å². The lowest BCUT2D eigenvalue weighted by Crippen LogP contribution is -2.23. The summed E-state index contributed by atoms with van der Waals surface area (Å²) in [4.78, 5) is 11.6. The largest absolute Gasteiger partial charge is 0.357 e. The molecule has 0 aliphatic heterocycles. The number of aromatic nitrogens is 2. The third-order valence-corrected chi connectivity index (χ3v) is 4.48. The molecule has 0 atom stereocenters. The van der Waals surface area contributed by atoms with Crippen molar-refractivity contribution in [1.29, 1.82) is 0 Å². The van der Waals surface area contributed by atoms with Crippen LogP contribution in [0.3, 0.4) is 0 Å². The van der Waals surface area contributed by atoms with Gasteiger partial charge in [0.15, 0.2) is 0 Å². The first-order chi connectivity index (χ1) is 13.2. The van der Waals surface area contributed by atoms with E-state index < -0.39 is 0 Å². The molecule has 2 aromatic carbocycles. The van der Waals surface area contributed by atoms with E-state index in [9.17, 15) is 4.39 Å². The molecule has 27 heavy (non-hydrogen) atoms. The summed E-state index contributed by atoms with van der Waals surface area (Å²) in [6, 6.07) is 18.7. The third-order valence-electron chi connectivity index (χ3n) is 4.48. The van der Waals surface area contributed by atoms with E-state index in [0.29, 0.717) is 12.5 Å². The molecule has 0 aliphatic rings. The smallest absolute Gasteiger partial charge is 0.225 e. The molecule has 5 heteroatoms. The molecule has 1 N–H and O–H groups in total. The van der Waals surface area contributed by atoms with Crippen LogP contribution in [0.4, 0.5) is 16.2 Å². The molecule has 0 aliphatic carbocycles. The van der Waals surface area contributed by atoms with Gasteiger partial charge in [-0.3, -0.25) is 0 Å². The molecular weight excluding hydrogens is 339 g/mol. The van der Waals surface area contributed by atoms with Crippen molar-refractivity contribution < 1.29 is 4.39 Å². The molecule has 0 radical (unpaired) electrons. The Kier molecular flexibility index (Phi) is 6.36. The molecule has 140 valence electrons. The SMILES string of the molecule is CCN(CC)c1cc(-c2ccccc2)nc(NCCc2ccc(F)cc2)n1. The average Bonchev–Trinajstić information content (AvgIpc) is 2.71. The number of hydrogen-bond acceptors (Lipinski definition) is 4. The van der Waals surface area contributed by atoms with Crippen LogP contribution in [-0.2, 0) is 6.42 Å². The summed E-state index contributed by atoms with van der Waals surface area (Å²) in [5.41, 5.74) is 3.04. The number of hydrogen-bond donors (Lipinski definition) is 1. The van der Waals surface area contributed by atoms with Gasteiger partial charge in [-0.05, 0) is 38.0 Å². The van der Waals surface area contributed by atoms with Crippen molar-refractivity contribution in [3.8, 4) is 11.3 Å². The lowest BCUT2D eigenvalue weighted by Gasteiger charge is -2.21. The van der Waals surface area contributed by atoms with Gasteiger partial charge in [0.25, 0.3) is 0 Å². The maximum absolute atomic E-state index is 13.0. The zero-order valence-corrected chi connectivity index (χ0v) is 15.8. The molecular formula is C22H25FN4. The summed E-state index contributed by atoms with van der Waals surface area (Å²) in [5.74, 6) is 1.31. The van der Waals surface area contributed by atoms with Crippen LogP contribution in [-0.4, -0.2) is 29.6 Å². The highest BCUT2D eigenvalue weighted by Gasteiger charge is 2.10. The summed E-state index contributed by atoms with van der Waals surface area (Å²) >= 11 is 0. The van der Waals surface area contributed by atoms with E-state index in [-0.39, 0.29) is 5.82 Å². The maximum atomic E-state index is 13.0. The summed E-state index contributed by atoms with van der Waals surface area (Å²) < 4.78 is 13.0. The average molecular weight is 364 g/mol. The van der Waals surface area contributed by atoms with E-state index in [1.807, 2.05) is 24.3 Å². The Balaban J connectivity index is 1.80. The Hall–Kier alpha value is -2.95. The zero-order valence-electron chi connectivity index (χ0n) is 15.8. The Morgan fingerprint density at radius 2 is 1.63 bits per heavy atom. The van der Waals surface area contributed by atoms with Crippen LogP contribution in [0, 0.1) is 5.82 Å². The monoisotopic (exact) mass is 364 g/mol. The minimum atomic E-state index is -0.213. The van der Waals surface area contributed by atoms with Crippen molar-refractivity contribution >= 4 is 11.8 Å². The molecule has 0 spiro atoms. The van der Waals surface area contributed by atoms with Gasteiger partial charge in [-0.25, -0.2) is 9.37 Å². The molecule has 0 fully saturated rings. The minimum absolute atomic E-state index is 0.213. The number of anilines is 2. The number of rotatable bonds is 8. The fourth-order valence-corrected chi connectivity index (χ4v) is 2.95. The first kappa shape index (κ1) is 18.8. The number of benzene rings is 2. The molecule has 0 saturated heterocycles. The first-order valence-corrected chi connectivity index (χ1v) is 9.37. The van der Waals surface area contributed by atoms with Crippen molar-refractivity contribution in [2.45, 2.75) is 20.3 Å². The molecule has 3 aromatic rings. The van der Waals surface area contributed by atoms with Crippen LogP contribution in [0.15, 0.2) is 60.7 Å². The van der Waals surface area contributed by atoms with Gasteiger partial charge < -0.3 is 10.2 Å². The molecule has 1 aromatic heterocycles. The van der Waals surface area contributed by atoms with Crippen LogP contribution >= 0.6 is 0 Å². The second kappa shape index (κ2) is 9.12. The van der Waals surface area contributed by atoms with Crippen molar-refractivity contribution in [3.63, 3.8) is 0 Å². The highest BCUT2D eigenvalue weighted by molar-refractivity contribution is 5.64. The predicted molar refractivity (Wildman–Crippen MR) is 110 cm³/mol. The van der Waals surface area contributed by atoms with Crippen LogP contribution in [0.1, 0.15) is 19.4 Å². The van der Waals surface area contributed by atoms with E-state index in [1.54, 1.807) is 12.1 Å². The highest BCUT2D eigenvalue weighted by atomic mass is 19.1. The van der Waals surface area contributed by atoms with Gasteiger partial charge in [-0.1, -0.05) is 42.5 Å². The van der Waals surface area contributed by atoms with Gasteiger partial charge in [0.05, 0.1) is 5.69 Å². The quantitative estimate of drug-likeness (QED) is 0.624. The fraction of sp³-hybridized carbons (Fsp3) is 0.273. The van der Waals surface area contributed by atoms with E-state index in [0.717, 1.165) is 42.1 Å². The Labute approximate surface area is 160 Å². The lowest BCUT2D eigenvalue weighted by atomic mass is 10.1. The van der Waals surface area contributed by atoms with Gasteiger partial charge >= 0.3 is 0 Å². The van der Waals surface area contributed by atoms with Crippen molar-refractivity contribution in [3.05, 3.63) is 72.0 Å². The predicted octanol–water partition coefficient (Wildman–Crippen LogP) is 4.78. The molecule has 3 rings (SSSR count). The number of nitrogens with zero attached hydrogens (tertiary/aromatic N) is 3. The first-order valence-electron chi connectivity index (χ1n) is 9.37. The fourth-order valence-electron chi connectivity index (χ4n) is 2.95. The third kappa shape index (κ3) is 5.03. The van der Waals surface area contributed by atoms with Crippen LogP contribution in [0.25, 0.3) is 11.3 Å². The van der Waals surface area contributed by atoms with Crippen molar-refractivity contribution in [1.82, 2.24) is 9.97 Å². The minimum Gasteiger partial charge on any atom is -0.357 e. The van der Waals surface area contributed by atoms with Gasteiger partial charge in [0.2, 0.25) is 5.95 Å².